The second-order valence-corrected chi connectivity index (χ2v) is 7.39. The lowest BCUT2D eigenvalue weighted by atomic mass is 9.82. The second kappa shape index (κ2) is 6.12. The summed E-state index contributed by atoms with van der Waals surface area (Å²) in [5.41, 5.74) is 6.30. The standard InChI is InChI=1S/C15H22BrN3O/c1-15(2,7-13(17)20)6-11-5-12(16)9-19-14(11)18-8-10-3-4-10/h5,9-10H,3-4,6-8H2,1-2H3,(H2,17,20)(H,18,19). The van der Waals surface area contributed by atoms with Crippen LogP contribution in [0.5, 0.6) is 0 Å². The first-order chi connectivity index (χ1) is 9.35. The van der Waals surface area contributed by atoms with Gasteiger partial charge in [0.2, 0.25) is 5.91 Å². The molecule has 0 aromatic carbocycles. The lowest BCUT2D eigenvalue weighted by molar-refractivity contribution is -0.119. The number of rotatable bonds is 7. The summed E-state index contributed by atoms with van der Waals surface area (Å²) in [6.07, 6.45) is 5.58. The summed E-state index contributed by atoms with van der Waals surface area (Å²) < 4.78 is 0.958. The number of nitrogens with zero attached hydrogens (tertiary/aromatic N) is 1. The molecule has 1 amide bonds. The summed E-state index contributed by atoms with van der Waals surface area (Å²) in [6, 6.07) is 2.07. The number of pyridine rings is 1. The van der Waals surface area contributed by atoms with E-state index in [-0.39, 0.29) is 11.3 Å². The number of nitrogens with one attached hydrogen (secondary N) is 1. The van der Waals surface area contributed by atoms with E-state index < -0.39 is 0 Å². The number of hydrogen-bond acceptors (Lipinski definition) is 3. The molecular formula is C15H22BrN3O. The van der Waals surface area contributed by atoms with Gasteiger partial charge in [-0.2, -0.15) is 0 Å². The highest BCUT2D eigenvalue weighted by molar-refractivity contribution is 9.10. The van der Waals surface area contributed by atoms with Crippen molar-refractivity contribution in [3.8, 4) is 0 Å². The predicted molar refractivity (Wildman–Crippen MR) is 84.4 cm³/mol. The molecule has 0 saturated heterocycles. The summed E-state index contributed by atoms with van der Waals surface area (Å²) in [5, 5.41) is 3.43. The number of aromatic nitrogens is 1. The molecule has 0 radical (unpaired) electrons. The molecule has 1 aromatic heterocycles. The van der Waals surface area contributed by atoms with E-state index in [0.29, 0.717) is 6.42 Å². The van der Waals surface area contributed by atoms with Crippen molar-refractivity contribution in [2.45, 2.75) is 39.5 Å². The van der Waals surface area contributed by atoms with Crippen molar-refractivity contribution in [2.24, 2.45) is 17.1 Å². The number of carbonyl (C=O) groups is 1. The Morgan fingerprint density at radius 1 is 1.55 bits per heavy atom. The zero-order valence-corrected chi connectivity index (χ0v) is 13.7. The van der Waals surface area contributed by atoms with E-state index >= 15 is 0 Å². The van der Waals surface area contributed by atoms with Crippen molar-refractivity contribution in [3.63, 3.8) is 0 Å². The third-order valence-electron chi connectivity index (χ3n) is 3.51. The third kappa shape index (κ3) is 4.78. The summed E-state index contributed by atoms with van der Waals surface area (Å²) in [4.78, 5) is 15.6. The molecular weight excluding hydrogens is 318 g/mol. The zero-order valence-electron chi connectivity index (χ0n) is 12.1. The first-order valence-electron chi connectivity index (χ1n) is 7.02. The molecule has 0 aliphatic heterocycles. The van der Waals surface area contributed by atoms with Crippen LogP contribution in [-0.4, -0.2) is 17.4 Å². The van der Waals surface area contributed by atoms with Crippen LogP contribution in [0.15, 0.2) is 16.7 Å². The number of halogens is 1. The minimum atomic E-state index is -0.259. The van der Waals surface area contributed by atoms with E-state index in [1.54, 1.807) is 6.20 Å². The highest BCUT2D eigenvalue weighted by Gasteiger charge is 2.25. The van der Waals surface area contributed by atoms with Crippen LogP contribution in [0.4, 0.5) is 5.82 Å². The first kappa shape index (κ1) is 15.3. The monoisotopic (exact) mass is 339 g/mol. The summed E-state index contributed by atoms with van der Waals surface area (Å²) in [5.74, 6) is 1.47. The molecule has 0 spiro atoms. The van der Waals surface area contributed by atoms with Gasteiger partial charge in [0.1, 0.15) is 5.82 Å². The van der Waals surface area contributed by atoms with Crippen LogP contribution in [0.25, 0.3) is 0 Å². The minimum absolute atomic E-state index is 0.162. The van der Waals surface area contributed by atoms with Crippen molar-refractivity contribution >= 4 is 27.7 Å². The van der Waals surface area contributed by atoms with Gasteiger partial charge >= 0.3 is 0 Å². The van der Waals surface area contributed by atoms with Crippen LogP contribution in [0, 0.1) is 11.3 Å². The van der Waals surface area contributed by atoms with Crippen LogP contribution >= 0.6 is 15.9 Å². The van der Waals surface area contributed by atoms with Crippen LogP contribution in [0.1, 0.15) is 38.7 Å². The fourth-order valence-electron chi connectivity index (χ4n) is 2.39. The highest BCUT2D eigenvalue weighted by atomic mass is 79.9. The first-order valence-corrected chi connectivity index (χ1v) is 7.82. The number of primary amides is 1. The van der Waals surface area contributed by atoms with Crippen LogP contribution in [-0.2, 0) is 11.2 Å². The average molecular weight is 340 g/mol. The Hall–Kier alpha value is -1.10. The summed E-state index contributed by atoms with van der Waals surface area (Å²) in [6.45, 7) is 5.10. The quantitative estimate of drug-likeness (QED) is 0.801. The van der Waals surface area contributed by atoms with E-state index in [1.165, 1.54) is 12.8 Å². The molecule has 1 saturated carbocycles. The lowest BCUT2D eigenvalue weighted by Crippen LogP contribution is -2.25. The average Bonchev–Trinajstić information content (AvgIpc) is 3.09. The van der Waals surface area contributed by atoms with Gasteiger partial charge in [-0.1, -0.05) is 13.8 Å². The van der Waals surface area contributed by atoms with E-state index in [0.717, 1.165) is 34.7 Å². The van der Waals surface area contributed by atoms with Gasteiger partial charge in [-0.15, -0.1) is 0 Å². The molecule has 0 bridgehead atoms. The molecule has 20 heavy (non-hydrogen) atoms. The lowest BCUT2D eigenvalue weighted by Gasteiger charge is -2.24. The maximum absolute atomic E-state index is 11.2. The molecule has 2 rings (SSSR count). The fourth-order valence-corrected chi connectivity index (χ4v) is 2.77. The Labute approximate surface area is 128 Å². The Kier molecular flexibility index (Phi) is 4.68. The molecule has 110 valence electrons. The molecule has 1 aliphatic carbocycles. The number of anilines is 1. The van der Waals surface area contributed by atoms with Crippen LogP contribution < -0.4 is 11.1 Å². The Morgan fingerprint density at radius 2 is 2.25 bits per heavy atom. The van der Waals surface area contributed by atoms with Gasteiger partial charge in [0, 0.05) is 23.6 Å². The summed E-state index contributed by atoms with van der Waals surface area (Å²) in [7, 11) is 0. The van der Waals surface area contributed by atoms with Gasteiger partial charge in [0.15, 0.2) is 0 Å². The number of nitrogens with two attached hydrogens (primary N) is 1. The van der Waals surface area contributed by atoms with E-state index in [1.807, 2.05) is 0 Å². The van der Waals surface area contributed by atoms with Crippen molar-refractivity contribution in [2.75, 3.05) is 11.9 Å². The molecule has 1 fully saturated rings. The number of amides is 1. The van der Waals surface area contributed by atoms with E-state index in [2.05, 4.69) is 46.1 Å². The molecule has 1 heterocycles. The van der Waals surface area contributed by atoms with Crippen molar-refractivity contribution in [1.82, 2.24) is 4.98 Å². The SMILES string of the molecule is CC(C)(CC(N)=O)Cc1cc(Br)cnc1NCC1CC1. The van der Waals surface area contributed by atoms with E-state index in [9.17, 15) is 4.79 Å². The van der Waals surface area contributed by atoms with Gasteiger partial charge < -0.3 is 11.1 Å². The van der Waals surface area contributed by atoms with Gasteiger partial charge in [-0.05, 0) is 58.2 Å². The fraction of sp³-hybridized carbons (Fsp3) is 0.600. The number of carbonyl (C=O) groups excluding carboxylic acids is 1. The second-order valence-electron chi connectivity index (χ2n) is 6.47. The topological polar surface area (TPSA) is 68.0 Å². The normalized spacial score (nSPS) is 15.2. The van der Waals surface area contributed by atoms with Gasteiger partial charge in [0.25, 0.3) is 0 Å². The van der Waals surface area contributed by atoms with Crippen molar-refractivity contribution in [1.29, 1.82) is 0 Å². The maximum Gasteiger partial charge on any atom is 0.217 e. The molecule has 0 atom stereocenters. The van der Waals surface area contributed by atoms with Crippen LogP contribution in [0.2, 0.25) is 0 Å². The predicted octanol–water partition coefficient (Wildman–Crippen LogP) is 3.11. The Morgan fingerprint density at radius 3 is 2.85 bits per heavy atom. The van der Waals surface area contributed by atoms with Gasteiger partial charge in [-0.25, -0.2) is 4.98 Å². The minimum Gasteiger partial charge on any atom is -0.370 e. The third-order valence-corrected chi connectivity index (χ3v) is 3.94. The summed E-state index contributed by atoms with van der Waals surface area (Å²) >= 11 is 3.47. The zero-order chi connectivity index (χ0) is 14.8. The van der Waals surface area contributed by atoms with Gasteiger partial charge in [-0.3, -0.25) is 4.79 Å². The van der Waals surface area contributed by atoms with Crippen LogP contribution in [0.3, 0.4) is 0 Å². The van der Waals surface area contributed by atoms with Crippen molar-refractivity contribution in [3.05, 3.63) is 22.3 Å². The smallest absolute Gasteiger partial charge is 0.217 e. The largest absolute Gasteiger partial charge is 0.370 e. The Balaban J connectivity index is 2.10. The maximum atomic E-state index is 11.2. The van der Waals surface area contributed by atoms with Gasteiger partial charge in [0.05, 0.1) is 0 Å². The molecule has 0 unspecified atom stereocenters. The molecule has 3 N–H and O–H groups in total. The molecule has 5 heteroatoms. The highest BCUT2D eigenvalue weighted by Crippen LogP contribution is 2.32. The molecule has 4 nitrogen and oxygen atoms in total. The Bertz CT molecular complexity index is 498. The van der Waals surface area contributed by atoms with Crippen molar-refractivity contribution < 1.29 is 4.79 Å². The number of hydrogen-bond donors (Lipinski definition) is 2. The molecule has 1 aromatic rings. The molecule has 1 aliphatic rings. The van der Waals surface area contributed by atoms with E-state index in [4.69, 9.17) is 5.73 Å².